The molecule has 0 saturated carbocycles. The van der Waals surface area contributed by atoms with Crippen LogP contribution in [0.15, 0.2) is 30.3 Å². The van der Waals surface area contributed by atoms with E-state index in [2.05, 4.69) is 5.32 Å². The number of carbonyl (C=O) groups is 2. The Labute approximate surface area is 111 Å². The van der Waals surface area contributed by atoms with Gasteiger partial charge in [0, 0.05) is 0 Å². The average molecular weight is 266 g/mol. The van der Waals surface area contributed by atoms with Crippen molar-refractivity contribution in [3.8, 4) is 0 Å². The van der Waals surface area contributed by atoms with Crippen molar-refractivity contribution in [3.63, 3.8) is 0 Å². The Kier molecular flexibility index (Phi) is 5.81. The zero-order valence-electron chi connectivity index (χ0n) is 11.0. The summed E-state index contributed by atoms with van der Waals surface area (Å²) >= 11 is 0. The molecule has 104 valence electrons. The van der Waals surface area contributed by atoms with Crippen molar-refractivity contribution in [3.05, 3.63) is 35.9 Å². The van der Waals surface area contributed by atoms with Crippen LogP contribution in [0.25, 0.3) is 0 Å². The summed E-state index contributed by atoms with van der Waals surface area (Å²) in [5.41, 5.74) is 5.95. The summed E-state index contributed by atoms with van der Waals surface area (Å²) < 4.78 is 10.1. The summed E-state index contributed by atoms with van der Waals surface area (Å²) in [6.07, 6.45) is -2.19. The monoisotopic (exact) mass is 266 g/mol. The molecule has 0 aliphatic heterocycles. The molecule has 0 spiro atoms. The lowest BCUT2D eigenvalue weighted by atomic mass is 10.2. The maximum Gasteiger partial charge on any atom is 0.409 e. The van der Waals surface area contributed by atoms with E-state index in [-0.39, 0.29) is 12.7 Å². The van der Waals surface area contributed by atoms with Gasteiger partial charge < -0.3 is 15.2 Å². The highest BCUT2D eigenvalue weighted by Crippen LogP contribution is 2.01. The number of carbonyl (C=O) groups excluding carboxylic acids is 2. The Morgan fingerprint density at radius 2 is 1.89 bits per heavy atom. The molecule has 6 nitrogen and oxygen atoms in total. The minimum atomic E-state index is -1.19. The fourth-order valence-electron chi connectivity index (χ4n) is 1.32. The SMILES string of the molecule is CC(C)OC(NC(=O)OCc1ccccc1)C(N)=O. The van der Waals surface area contributed by atoms with Crippen LogP contribution in [0.5, 0.6) is 0 Å². The standard InChI is InChI=1S/C13H18N2O4/c1-9(2)19-12(11(14)16)15-13(17)18-8-10-6-4-3-5-7-10/h3-7,9,12H,8H2,1-2H3,(H2,14,16)(H,15,17). The van der Waals surface area contributed by atoms with Crippen molar-refractivity contribution in [1.29, 1.82) is 0 Å². The molecule has 0 heterocycles. The van der Waals surface area contributed by atoms with E-state index >= 15 is 0 Å². The molecule has 0 aliphatic rings. The van der Waals surface area contributed by atoms with Gasteiger partial charge in [-0.25, -0.2) is 4.79 Å². The molecule has 1 rings (SSSR count). The van der Waals surface area contributed by atoms with Crippen molar-refractivity contribution in [2.75, 3.05) is 0 Å². The maximum absolute atomic E-state index is 11.5. The maximum atomic E-state index is 11.5. The third kappa shape index (κ3) is 5.87. The third-order valence-electron chi connectivity index (χ3n) is 2.13. The lowest BCUT2D eigenvalue weighted by molar-refractivity contribution is -0.134. The van der Waals surface area contributed by atoms with Gasteiger partial charge in [-0.2, -0.15) is 0 Å². The van der Waals surface area contributed by atoms with Gasteiger partial charge in [0.15, 0.2) is 0 Å². The molecule has 19 heavy (non-hydrogen) atoms. The van der Waals surface area contributed by atoms with Gasteiger partial charge in [-0.05, 0) is 19.4 Å². The molecule has 0 aliphatic carbocycles. The van der Waals surface area contributed by atoms with Crippen molar-refractivity contribution in [2.45, 2.75) is 32.8 Å². The smallest absolute Gasteiger partial charge is 0.409 e. The van der Waals surface area contributed by atoms with E-state index in [0.717, 1.165) is 5.56 Å². The van der Waals surface area contributed by atoms with Crippen LogP contribution in [0.4, 0.5) is 4.79 Å². The minimum Gasteiger partial charge on any atom is -0.445 e. The molecule has 0 bridgehead atoms. The van der Waals surface area contributed by atoms with Crippen LogP contribution >= 0.6 is 0 Å². The zero-order valence-corrected chi connectivity index (χ0v) is 11.0. The molecule has 0 fully saturated rings. The van der Waals surface area contributed by atoms with Gasteiger partial charge in [0.25, 0.3) is 5.91 Å². The van der Waals surface area contributed by atoms with E-state index in [1.165, 1.54) is 0 Å². The predicted molar refractivity (Wildman–Crippen MR) is 69.0 cm³/mol. The minimum absolute atomic E-state index is 0.111. The van der Waals surface area contributed by atoms with Crippen LogP contribution in [0, 0.1) is 0 Å². The highest BCUT2D eigenvalue weighted by Gasteiger charge is 2.20. The number of nitrogens with one attached hydrogen (secondary N) is 1. The number of alkyl carbamates (subject to hydrolysis) is 1. The molecule has 0 aromatic heterocycles. The van der Waals surface area contributed by atoms with Crippen molar-refractivity contribution >= 4 is 12.0 Å². The molecule has 3 N–H and O–H groups in total. The number of hydrogen-bond acceptors (Lipinski definition) is 4. The second-order valence-corrected chi connectivity index (χ2v) is 4.17. The van der Waals surface area contributed by atoms with E-state index in [1.807, 2.05) is 30.3 Å². The average Bonchev–Trinajstić information content (AvgIpc) is 2.36. The van der Waals surface area contributed by atoms with Crippen LogP contribution in [0.2, 0.25) is 0 Å². The quantitative estimate of drug-likeness (QED) is 0.756. The lowest BCUT2D eigenvalue weighted by Gasteiger charge is -2.18. The normalized spacial score (nSPS) is 11.9. The second kappa shape index (κ2) is 7.38. The van der Waals surface area contributed by atoms with Crippen LogP contribution in [-0.4, -0.2) is 24.3 Å². The van der Waals surface area contributed by atoms with E-state index in [0.29, 0.717) is 0 Å². The number of hydrogen-bond donors (Lipinski definition) is 2. The summed E-state index contributed by atoms with van der Waals surface area (Å²) in [7, 11) is 0. The first-order valence-corrected chi connectivity index (χ1v) is 5.91. The van der Waals surface area contributed by atoms with Gasteiger partial charge in [0.05, 0.1) is 6.10 Å². The fraction of sp³-hybridized carbons (Fsp3) is 0.385. The van der Waals surface area contributed by atoms with Crippen LogP contribution < -0.4 is 11.1 Å². The molecule has 1 atom stereocenters. The summed E-state index contributed by atoms with van der Waals surface area (Å²) in [5, 5.41) is 2.26. The number of nitrogens with two attached hydrogens (primary N) is 1. The number of amides is 2. The Morgan fingerprint density at radius 3 is 2.42 bits per heavy atom. The Bertz CT molecular complexity index is 420. The van der Waals surface area contributed by atoms with E-state index in [1.54, 1.807) is 13.8 Å². The Morgan fingerprint density at radius 1 is 1.26 bits per heavy atom. The molecule has 2 amide bonds. The summed E-state index contributed by atoms with van der Waals surface area (Å²) in [5.74, 6) is -0.773. The Hall–Kier alpha value is -2.08. The van der Waals surface area contributed by atoms with Gasteiger partial charge in [0.1, 0.15) is 6.61 Å². The van der Waals surface area contributed by atoms with Crippen molar-refractivity contribution < 1.29 is 19.1 Å². The first kappa shape index (κ1) is 15.0. The van der Waals surface area contributed by atoms with E-state index in [9.17, 15) is 9.59 Å². The van der Waals surface area contributed by atoms with Gasteiger partial charge in [-0.3, -0.25) is 10.1 Å². The molecule has 0 radical (unpaired) electrons. The molecule has 6 heteroatoms. The summed E-state index contributed by atoms with van der Waals surface area (Å²) in [6, 6.07) is 9.19. The number of primary amides is 1. The van der Waals surface area contributed by atoms with Crippen LogP contribution in [0.3, 0.4) is 0 Å². The first-order chi connectivity index (χ1) is 8.99. The molecular formula is C13H18N2O4. The van der Waals surface area contributed by atoms with Gasteiger partial charge in [0.2, 0.25) is 6.23 Å². The fourth-order valence-corrected chi connectivity index (χ4v) is 1.32. The van der Waals surface area contributed by atoms with E-state index in [4.69, 9.17) is 15.2 Å². The van der Waals surface area contributed by atoms with Crippen molar-refractivity contribution in [1.82, 2.24) is 5.32 Å². The van der Waals surface area contributed by atoms with Crippen molar-refractivity contribution in [2.24, 2.45) is 5.73 Å². The highest BCUT2D eigenvalue weighted by molar-refractivity contribution is 5.82. The summed E-state index contributed by atoms with van der Waals surface area (Å²) in [6.45, 7) is 3.57. The topological polar surface area (TPSA) is 90.7 Å². The number of ether oxygens (including phenoxy) is 2. The number of rotatable bonds is 6. The highest BCUT2D eigenvalue weighted by atomic mass is 16.6. The van der Waals surface area contributed by atoms with E-state index < -0.39 is 18.2 Å². The molecule has 1 unspecified atom stereocenters. The molecular weight excluding hydrogens is 248 g/mol. The predicted octanol–water partition coefficient (Wildman–Crippen LogP) is 1.15. The molecule has 1 aromatic rings. The number of benzene rings is 1. The second-order valence-electron chi connectivity index (χ2n) is 4.17. The third-order valence-corrected chi connectivity index (χ3v) is 2.13. The zero-order chi connectivity index (χ0) is 14.3. The van der Waals surface area contributed by atoms with Gasteiger partial charge >= 0.3 is 6.09 Å². The van der Waals surface area contributed by atoms with Crippen LogP contribution in [-0.2, 0) is 20.9 Å². The summed E-state index contributed by atoms with van der Waals surface area (Å²) in [4.78, 5) is 22.6. The molecule has 1 aromatic carbocycles. The molecule has 0 saturated heterocycles. The first-order valence-electron chi connectivity index (χ1n) is 5.91. The van der Waals surface area contributed by atoms with Gasteiger partial charge in [-0.15, -0.1) is 0 Å². The van der Waals surface area contributed by atoms with Gasteiger partial charge in [-0.1, -0.05) is 30.3 Å². The largest absolute Gasteiger partial charge is 0.445 e. The lowest BCUT2D eigenvalue weighted by Crippen LogP contribution is -2.47. The Balaban J connectivity index is 2.42. The van der Waals surface area contributed by atoms with Crippen LogP contribution in [0.1, 0.15) is 19.4 Å².